The van der Waals surface area contributed by atoms with Crippen molar-refractivity contribution >= 4 is 33.3 Å². The van der Waals surface area contributed by atoms with Crippen LogP contribution in [0.4, 0.5) is 11.5 Å². The number of aromatic nitrogens is 1. The van der Waals surface area contributed by atoms with Crippen LogP contribution in [0.15, 0.2) is 16.7 Å². The van der Waals surface area contributed by atoms with E-state index in [1.165, 1.54) is 6.42 Å². The summed E-state index contributed by atoms with van der Waals surface area (Å²) < 4.78 is 0.724. The van der Waals surface area contributed by atoms with Crippen LogP contribution in [0.1, 0.15) is 32.1 Å². The molecule has 2 rings (SSSR count). The molecule has 0 saturated heterocycles. The highest BCUT2D eigenvalue weighted by atomic mass is 79.9. The molecule has 92 valence electrons. The van der Waals surface area contributed by atoms with E-state index in [1.807, 2.05) is 0 Å². The van der Waals surface area contributed by atoms with Gasteiger partial charge in [0, 0.05) is 5.92 Å². The molecule has 17 heavy (non-hydrogen) atoms. The number of halogens is 1. The minimum atomic E-state index is 0.0719. The van der Waals surface area contributed by atoms with Crippen molar-refractivity contribution in [2.75, 3.05) is 11.1 Å². The summed E-state index contributed by atoms with van der Waals surface area (Å²) >= 11 is 3.34. The lowest BCUT2D eigenvalue weighted by molar-refractivity contribution is -0.120. The number of nitrogen functional groups attached to an aromatic ring is 1. The minimum absolute atomic E-state index is 0.0719. The second kappa shape index (κ2) is 5.49. The van der Waals surface area contributed by atoms with Gasteiger partial charge in [0.05, 0.1) is 16.4 Å². The lowest BCUT2D eigenvalue weighted by Crippen LogP contribution is -2.25. The predicted octanol–water partition coefficient (Wildman–Crippen LogP) is 2.95. The van der Waals surface area contributed by atoms with E-state index in [-0.39, 0.29) is 11.8 Å². The minimum Gasteiger partial charge on any atom is -0.397 e. The van der Waals surface area contributed by atoms with Crippen molar-refractivity contribution in [1.29, 1.82) is 0 Å². The van der Waals surface area contributed by atoms with Crippen LogP contribution >= 0.6 is 15.9 Å². The number of nitrogens with one attached hydrogen (secondary N) is 1. The summed E-state index contributed by atoms with van der Waals surface area (Å²) in [4.78, 5) is 16.1. The molecular formula is C12H16BrN3O. The number of nitrogens with zero attached hydrogens (tertiary/aromatic N) is 1. The first-order valence-electron chi connectivity index (χ1n) is 5.88. The van der Waals surface area contributed by atoms with Gasteiger partial charge in [-0.2, -0.15) is 0 Å². The average Bonchev–Trinajstić information content (AvgIpc) is 2.34. The summed E-state index contributed by atoms with van der Waals surface area (Å²) in [5.41, 5.74) is 6.17. The van der Waals surface area contributed by atoms with E-state index in [4.69, 9.17) is 5.73 Å². The van der Waals surface area contributed by atoms with Gasteiger partial charge in [-0.25, -0.2) is 4.98 Å². The average molecular weight is 298 g/mol. The smallest absolute Gasteiger partial charge is 0.228 e. The summed E-state index contributed by atoms with van der Waals surface area (Å²) in [6, 6.07) is 1.74. The quantitative estimate of drug-likeness (QED) is 0.882. The Morgan fingerprint density at radius 1 is 1.41 bits per heavy atom. The van der Waals surface area contributed by atoms with Crippen molar-refractivity contribution in [3.8, 4) is 0 Å². The number of anilines is 2. The van der Waals surface area contributed by atoms with Crippen molar-refractivity contribution in [3.05, 3.63) is 16.7 Å². The van der Waals surface area contributed by atoms with Gasteiger partial charge in [-0.05, 0) is 34.8 Å². The van der Waals surface area contributed by atoms with E-state index in [9.17, 15) is 4.79 Å². The Labute approximate surface area is 109 Å². The second-order valence-corrected chi connectivity index (χ2v) is 5.28. The molecule has 4 nitrogen and oxygen atoms in total. The molecule has 0 aromatic carbocycles. The van der Waals surface area contributed by atoms with E-state index in [2.05, 4.69) is 26.2 Å². The van der Waals surface area contributed by atoms with Crippen molar-refractivity contribution in [2.45, 2.75) is 32.1 Å². The van der Waals surface area contributed by atoms with E-state index >= 15 is 0 Å². The topological polar surface area (TPSA) is 68.0 Å². The summed E-state index contributed by atoms with van der Waals surface area (Å²) in [6.07, 6.45) is 7.05. The Hall–Kier alpha value is -1.10. The molecule has 0 bridgehead atoms. The van der Waals surface area contributed by atoms with E-state index in [0.717, 1.165) is 30.2 Å². The Balaban J connectivity index is 2.02. The van der Waals surface area contributed by atoms with Crippen LogP contribution < -0.4 is 11.1 Å². The van der Waals surface area contributed by atoms with Crippen molar-refractivity contribution in [2.24, 2.45) is 5.92 Å². The maximum absolute atomic E-state index is 12.0. The molecule has 0 aliphatic heterocycles. The summed E-state index contributed by atoms with van der Waals surface area (Å²) in [6.45, 7) is 0. The van der Waals surface area contributed by atoms with Crippen LogP contribution in [0.3, 0.4) is 0 Å². The van der Waals surface area contributed by atoms with Gasteiger partial charge in [0.1, 0.15) is 5.82 Å². The Kier molecular flexibility index (Phi) is 3.99. The normalized spacial score (nSPS) is 16.8. The van der Waals surface area contributed by atoms with Gasteiger partial charge in [-0.1, -0.05) is 19.3 Å². The first-order chi connectivity index (χ1) is 8.16. The number of hydrogen-bond acceptors (Lipinski definition) is 3. The van der Waals surface area contributed by atoms with Crippen LogP contribution in [0.5, 0.6) is 0 Å². The van der Waals surface area contributed by atoms with Crippen molar-refractivity contribution in [1.82, 2.24) is 4.98 Å². The first kappa shape index (κ1) is 12.4. The number of hydrogen-bond donors (Lipinski definition) is 2. The molecule has 0 atom stereocenters. The fourth-order valence-electron chi connectivity index (χ4n) is 2.13. The Morgan fingerprint density at radius 2 is 2.12 bits per heavy atom. The maximum atomic E-state index is 12.0. The van der Waals surface area contributed by atoms with Gasteiger partial charge >= 0.3 is 0 Å². The van der Waals surface area contributed by atoms with Gasteiger partial charge in [-0.3, -0.25) is 4.79 Å². The first-order valence-corrected chi connectivity index (χ1v) is 6.68. The zero-order chi connectivity index (χ0) is 12.3. The molecule has 1 amide bonds. The molecule has 1 heterocycles. The van der Waals surface area contributed by atoms with Crippen LogP contribution in [0.2, 0.25) is 0 Å². The van der Waals surface area contributed by atoms with Gasteiger partial charge in [-0.15, -0.1) is 0 Å². The molecule has 1 aliphatic carbocycles. The third-order valence-corrected chi connectivity index (χ3v) is 3.68. The van der Waals surface area contributed by atoms with E-state index in [1.54, 1.807) is 12.3 Å². The number of nitrogens with two attached hydrogens (primary N) is 1. The Morgan fingerprint density at radius 3 is 2.76 bits per heavy atom. The van der Waals surface area contributed by atoms with Crippen LogP contribution in [-0.4, -0.2) is 10.9 Å². The lowest BCUT2D eigenvalue weighted by atomic mass is 9.89. The monoisotopic (exact) mass is 297 g/mol. The number of carbonyl (C=O) groups is 1. The molecule has 1 aromatic heterocycles. The highest BCUT2D eigenvalue weighted by Crippen LogP contribution is 2.27. The van der Waals surface area contributed by atoms with Crippen molar-refractivity contribution in [3.63, 3.8) is 0 Å². The molecule has 0 radical (unpaired) electrons. The SMILES string of the molecule is Nc1cnc(NC(=O)C2CCCCC2)c(Br)c1. The Bertz CT molecular complexity index is 416. The second-order valence-electron chi connectivity index (χ2n) is 4.42. The third kappa shape index (κ3) is 3.19. The molecular weight excluding hydrogens is 282 g/mol. The molecule has 1 saturated carbocycles. The standard InChI is InChI=1S/C12H16BrN3O/c13-10-6-9(14)7-15-11(10)16-12(17)8-4-2-1-3-5-8/h6-8H,1-5,14H2,(H,15,16,17). The molecule has 1 fully saturated rings. The molecule has 1 aromatic rings. The molecule has 5 heteroatoms. The summed E-state index contributed by atoms with van der Waals surface area (Å²) in [5.74, 6) is 0.757. The van der Waals surface area contributed by atoms with Crippen LogP contribution in [-0.2, 0) is 4.79 Å². The molecule has 1 aliphatic rings. The van der Waals surface area contributed by atoms with Crippen LogP contribution in [0, 0.1) is 5.92 Å². The zero-order valence-electron chi connectivity index (χ0n) is 9.58. The molecule has 0 spiro atoms. The fraction of sp³-hybridized carbons (Fsp3) is 0.500. The lowest BCUT2D eigenvalue weighted by Gasteiger charge is -2.20. The summed E-state index contributed by atoms with van der Waals surface area (Å²) in [7, 11) is 0. The largest absolute Gasteiger partial charge is 0.397 e. The van der Waals surface area contributed by atoms with Gasteiger partial charge in [0.15, 0.2) is 0 Å². The zero-order valence-corrected chi connectivity index (χ0v) is 11.2. The third-order valence-electron chi connectivity index (χ3n) is 3.08. The van der Waals surface area contributed by atoms with Gasteiger partial charge < -0.3 is 11.1 Å². The molecule has 3 N–H and O–H groups in total. The summed E-state index contributed by atoms with van der Waals surface area (Å²) in [5, 5.41) is 2.85. The predicted molar refractivity (Wildman–Crippen MR) is 71.6 cm³/mol. The maximum Gasteiger partial charge on any atom is 0.228 e. The number of carbonyl (C=O) groups excluding carboxylic acids is 1. The molecule has 0 unspecified atom stereocenters. The van der Waals surface area contributed by atoms with Crippen molar-refractivity contribution < 1.29 is 4.79 Å². The number of amides is 1. The number of pyridine rings is 1. The number of rotatable bonds is 2. The highest BCUT2D eigenvalue weighted by Gasteiger charge is 2.21. The van der Waals surface area contributed by atoms with E-state index < -0.39 is 0 Å². The fourth-order valence-corrected chi connectivity index (χ4v) is 2.59. The van der Waals surface area contributed by atoms with Gasteiger partial charge in [0.2, 0.25) is 5.91 Å². The van der Waals surface area contributed by atoms with Crippen LogP contribution in [0.25, 0.3) is 0 Å². The van der Waals surface area contributed by atoms with E-state index in [0.29, 0.717) is 11.5 Å². The van der Waals surface area contributed by atoms with Gasteiger partial charge in [0.25, 0.3) is 0 Å². The highest BCUT2D eigenvalue weighted by molar-refractivity contribution is 9.10.